The fourth-order valence-electron chi connectivity index (χ4n) is 5.36. The molecule has 4 rings (SSSR count). The standard InChI is InChI=1S/C30H43BrN2O5/c1-29(2,3)38-26(34)20-35-18-22-13-11-21(12-14-22)17-33-28(23-9-7-6-8-10-23)27(31)25(32-33)16-15-24-19-36-30(4,5)37-24/h6-10,21-22,24H,11-20H2,1-5H3/t21?,22?,24-/m1/s1. The van der Waals surface area contributed by atoms with Gasteiger partial charge in [-0.1, -0.05) is 30.3 Å². The van der Waals surface area contributed by atoms with Gasteiger partial charge in [-0.15, -0.1) is 0 Å². The van der Waals surface area contributed by atoms with Gasteiger partial charge in [0.25, 0.3) is 0 Å². The quantitative estimate of drug-likeness (QED) is 0.292. The third kappa shape index (κ3) is 8.38. The predicted octanol–water partition coefficient (Wildman–Crippen LogP) is 6.56. The van der Waals surface area contributed by atoms with E-state index in [-0.39, 0.29) is 18.7 Å². The summed E-state index contributed by atoms with van der Waals surface area (Å²) in [7, 11) is 0. The first-order chi connectivity index (χ1) is 18.0. The minimum Gasteiger partial charge on any atom is -0.458 e. The molecular weight excluding hydrogens is 548 g/mol. The lowest BCUT2D eigenvalue weighted by molar-refractivity contribution is -0.160. The van der Waals surface area contributed by atoms with Crippen LogP contribution < -0.4 is 0 Å². The normalized spacial score (nSPS) is 23.5. The van der Waals surface area contributed by atoms with Gasteiger partial charge in [0, 0.05) is 12.1 Å². The van der Waals surface area contributed by atoms with Crippen molar-refractivity contribution >= 4 is 21.9 Å². The third-order valence-electron chi connectivity index (χ3n) is 7.17. The van der Waals surface area contributed by atoms with Crippen LogP contribution in [0, 0.1) is 11.8 Å². The molecule has 0 bridgehead atoms. The molecule has 1 saturated carbocycles. The number of halogens is 1. The lowest BCUT2D eigenvalue weighted by atomic mass is 9.82. The smallest absolute Gasteiger partial charge is 0.332 e. The summed E-state index contributed by atoms with van der Waals surface area (Å²) in [6.07, 6.45) is 6.26. The van der Waals surface area contributed by atoms with E-state index in [0.29, 0.717) is 25.0 Å². The van der Waals surface area contributed by atoms with Crippen LogP contribution in [0.2, 0.25) is 0 Å². The van der Waals surface area contributed by atoms with E-state index in [2.05, 4.69) is 44.9 Å². The highest BCUT2D eigenvalue weighted by Gasteiger charge is 2.33. The third-order valence-corrected chi connectivity index (χ3v) is 8.00. The first-order valence-electron chi connectivity index (χ1n) is 13.9. The fraction of sp³-hybridized carbons (Fsp3) is 0.667. The molecule has 8 heteroatoms. The number of carbonyl (C=O) groups excluding carboxylic acids is 1. The SMILES string of the molecule is CC(C)(C)OC(=O)COCC1CCC(Cn2nc(CC[C@@H]3COC(C)(C)O3)c(Br)c2-c2ccccc2)CC1. The zero-order valence-corrected chi connectivity index (χ0v) is 25.1. The first kappa shape index (κ1) is 29.2. The van der Waals surface area contributed by atoms with Crippen LogP contribution in [0.25, 0.3) is 11.3 Å². The lowest BCUT2D eigenvalue weighted by Crippen LogP contribution is -2.28. The van der Waals surface area contributed by atoms with Crippen molar-refractivity contribution in [2.45, 2.75) is 97.2 Å². The molecule has 0 N–H and O–H groups in total. The number of nitrogens with zero attached hydrogens (tertiary/aromatic N) is 2. The second kappa shape index (κ2) is 12.6. The van der Waals surface area contributed by atoms with Crippen LogP contribution in [0.5, 0.6) is 0 Å². The monoisotopic (exact) mass is 590 g/mol. The van der Waals surface area contributed by atoms with E-state index >= 15 is 0 Å². The Hall–Kier alpha value is -1.74. The van der Waals surface area contributed by atoms with Crippen molar-refractivity contribution in [2.75, 3.05) is 19.8 Å². The molecule has 2 fully saturated rings. The average molecular weight is 592 g/mol. The van der Waals surface area contributed by atoms with Gasteiger partial charge in [0.2, 0.25) is 0 Å². The molecule has 38 heavy (non-hydrogen) atoms. The molecule has 1 aliphatic carbocycles. The summed E-state index contributed by atoms with van der Waals surface area (Å²) < 4.78 is 26.1. The van der Waals surface area contributed by atoms with E-state index in [1.54, 1.807) is 0 Å². The Morgan fingerprint density at radius 2 is 1.82 bits per heavy atom. The molecule has 2 aromatic rings. The molecule has 0 spiro atoms. The summed E-state index contributed by atoms with van der Waals surface area (Å²) in [6.45, 7) is 11.7. The van der Waals surface area contributed by atoms with Crippen molar-refractivity contribution in [3.05, 3.63) is 40.5 Å². The Balaban J connectivity index is 1.34. The molecule has 0 amide bonds. The Bertz CT molecular complexity index is 1050. The van der Waals surface area contributed by atoms with E-state index in [0.717, 1.165) is 60.9 Å². The van der Waals surface area contributed by atoms with Crippen molar-refractivity contribution in [1.82, 2.24) is 9.78 Å². The Labute approximate surface area is 235 Å². The highest BCUT2D eigenvalue weighted by molar-refractivity contribution is 9.10. The number of rotatable bonds is 10. The summed E-state index contributed by atoms with van der Waals surface area (Å²) in [5, 5.41) is 5.09. The van der Waals surface area contributed by atoms with Crippen LogP contribution >= 0.6 is 15.9 Å². The Kier molecular flexibility index (Phi) is 9.72. The number of benzene rings is 1. The van der Waals surface area contributed by atoms with Gasteiger partial charge < -0.3 is 18.9 Å². The summed E-state index contributed by atoms with van der Waals surface area (Å²) >= 11 is 3.89. The lowest BCUT2D eigenvalue weighted by Gasteiger charge is -2.28. The molecule has 2 aliphatic rings. The van der Waals surface area contributed by atoms with Crippen LogP contribution in [0.4, 0.5) is 0 Å². The summed E-state index contributed by atoms with van der Waals surface area (Å²) in [5.74, 6) is 0.248. The second-order valence-electron chi connectivity index (χ2n) is 12.1. The van der Waals surface area contributed by atoms with E-state index in [4.69, 9.17) is 24.0 Å². The number of ether oxygens (including phenoxy) is 4. The molecular formula is C30H43BrN2O5. The molecule has 1 aromatic heterocycles. The molecule has 1 saturated heterocycles. The van der Waals surface area contributed by atoms with Crippen molar-refractivity contribution in [2.24, 2.45) is 11.8 Å². The topological polar surface area (TPSA) is 71.8 Å². The number of aryl methyl sites for hydroxylation is 1. The Morgan fingerprint density at radius 3 is 2.45 bits per heavy atom. The van der Waals surface area contributed by atoms with E-state index in [9.17, 15) is 4.79 Å². The number of esters is 1. The van der Waals surface area contributed by atoms with Gasteiger partial charge >= 0.3 is 5.97 Å². The average Bonchev–Trinajstić information content (AvgIpc) is 3.35. The van der Waals surface area contributed by atoms with E-state index < -0.39 is 11.4 Å². The van der Waals surface area contributed by atoms with Crippen LogP contribution in [-0.4, -0.2) is 53.1 Å². The molecule has 7 nitrogen and oxygen atoms in total. The molecule has 1 aliphatic heterocycles. The van der Waals surface area contributed by atoms with E-state index in [1.165, 1.54) is 5.56 Å². The van der Waals surface area contributed by atoms with Gasteiger partial charge in [-0.05, 0) is 101 Å². The highest BCUT2D eigenvalue weighted by Crippen LogP contribution is 2.36. The molecule has 0 unspecified atom stereocenters. The minimum atomic E-state index is -0.504. The van der Waals surface area contributed by atoms with Crippen LogP contribution in [0.3, 0.4) is 0 Å². The molecule has 0 radical (unpaired) electrons. The van der Waals surface area contributed by atoms with Crippen molar-refractivity contribution in [3.63, 3.8) is 0 Å². The maximum Gasteiger partial charge on any atom is 0.332 e. The Morgan fingerprint density at radius 1 is 1.13 bits per heavy atom. The predicted molar refractivity (Wildman–Crippen MR) is 151 cm³/mol. The van der Waals surface area contributed by atoms with Gasteiger partial charge in [-0.3, -0.25) is 4.68 Å². The van der Waals surface area contributed by atoms with Gasteiger partial charge in [-0.25, -0.2) is 4.79 Å². The van der Waals surface area contributed by atoms with Crippen LogP contribution in [0.15, 0.2) is 34.8 Å². The largest absolute Gasteiger partial charge is 0.458 e. The van der Waals surface area contributed by atoms with Crippen molar-refractivity contribution in [1.29, 1.82) is 0 Å². The number of hydrogen-bond donors (Lipinski definition) is 0. The molecule has 1 aromatic carbocycles. The van der Waals surface area contributed by atoms with E-state index in [1.807, 2.05) is 40.7 Å². The molecule has 2 heterocycles. The van der Waals surface area contributed by atoms with Crippen LogP contribution in [0.1, 0.15) is 72.4 Å². The summed E-state index contributed by atoms with van der Waals surface area (Å²) in [4.78, 5) is 11.9. The fourth-order valence-corrected chi connectivity index (χ4v) is 6.07. The van der Waals surface area contributed by atoms with Crippen molar-refractivity contribution < 1.29 is 23.7 Å². The maximum atomic E-state index is 11.9. The van der Waals surface area contributed by atoms with Gasteiger partial charge in [-0.2, -0.15) is 5.10 Å². The minimum absolute atomic E-state index is 0.0250. The van der Waals surface area contributed by atoms with Crippen molar-refractivity contribution in [3.8, 4) is 11.3 Å². The maximum absolute atomic E-state index is 11.9. The van der Waals surface area contributed by atoms with Gasteiger partial charge in [0.05, 0.1) is 35.2 Å². The first-order valence-corrected chi connectivity index (χ1v) is 14.7. The molecule has 1 atom stereocenters. The second-order valence-corrected chi connectivity index (χ2v) is 12.9. The van der Waals surface area contributed by atoms with Crippen LogP contribution in [-0.2, 0) is 36.7 Å². The van der Waals surface area contributed by atoms with Gasteiger partial charge in [0.15, 0.2) is 5.79 Å². The zero-order valence-electron chi connectivity index (χ0n) is 23.5. The summed E-state index contributed by atoms with van der Waals surface area (Å²) in [5.41, 5.74) is 2.91. The number of hydrogen-bond acceptors (Lipinski definition) is 6. The number of carbonyl (C=O) groups is 1. The highest BCUT2D eigenvalue weighted by atomic mass is 79.9. The number of aromatic nitrogens is 2. The molecule has 210 valence electrons. The summed E-state index contributed by atoms with van der Waals surface area (Å²) in [6, 6.07) is 10.5. The zero-order chi connectivity index (χ0) is 27.3. The van der Waals surface area contributed by atoms with Gasteiger partial charge in [0.1, 0.15) is 12.2 Å².